The van der Waals surface area contributed by atoms with Gasteiger partial charge in [-0.1, -0.05) is 37.9 Å². The SMILES string of the molecule is CCCCCC=C(C)C(CC)=NO. The van der Waals surface area contributed by atoms with Gasteiger partial charge in [-0.3, -0.25) is 0 Å². The van der Waals surface area contributed by atoms with Crippen LogP contribution in [-0.2, 0) is 0 Å². The molecule has 0 spiro atoms. The number of nitrogens with zero attached hydrogens (tertiary/aromatic N) is 1. The third-order valence-electron chi connectivity index (χ3n) is 2.17. The predicted octanol–water partition coefficient (Wildman–Crippen LogP) is 3.75. The minimum atomic E-state index is 0.798. The molecule has 2 nitrogen and oxygen atoms in total. The molecule has 0 atom stereocenters. The second-order valence-electron chi connectivity index (χ2n) is 3.28. The van der Waals surface area contributed by atoms with Crippen molar-refractivity contribution in [2.75, 3.05) is 0 Å². The number of allylic oxidation sites excluding steroid dienone is 2. The van der Waals surface area contributed by atoms with Gasteiger partial charge < -0.3 is 5.21 Å². The minimum Gasteiger partial charge on any atom is -0.411 e. The molecule has 0 heterocycles. The lowest BCUT2D eigenvalue weighted by Crippen LogP contribution is -1.97. The smallest absolute Gasteiger partial charge is 0.0818 e. The van der Waals surface area contributed by atoms with E-state index in [1.54, 1.807) is 0 Å². The summed E-state index contributed by atoms with van der Waals surface area (Å²) in [4.78, 5) is 0. The number of oxime groups is 1. The first-order valence-corrected chi connectivity index (χ1v) is 5.14. The number of unbranched alkanes of at least 4 members (excludes halogenated alkanes) is 3. The Hall–Kier alpha value is -0.790. The van der Waals surface area contributed by atoms with Gasteiger partial charge in [0.15, 0.2) is 0 Å². The summed E-state index contributed by atoms with van der Waals surface area (Å²) >= 11 is 0. The maximum atomic E-state index is 8.65. The average Bonchev–Trinajstić information content (AvgIpc) is 2.14. The van der Waals surface area contributed by atoms with Crippen molar-refractivity contribution in [3.05, 3.63) is 11.6 Å². The van der Waals surface area contributed by atoms with Crippen molar-refractivity contribution in [3.63, 3.8) is 0 Å². The first-order valence-electron chi connectivity index (χ1n) is 5.14. The fourth-order valence-corrected chi connectivity index (χ4v) is 1.26. The third kappa shape index (κ3) is 5.45. The van der Waals surface area contributed by atoms with Crippen molar-refractivity contribution in [2.45, 2.75) is 52.9 Å². The third-order valence-corrected chi connectivity index (χ3v) is 2.17. The highest BCUT2D eigenvalue weighted by molar-refractivity contribution is 5.98. The van der Waals surface area contributed by atoms with Crippen molar-refractivity contribution in [3.8, 4) is 0 Å². The van der Waals surface area contributed by atoms with Crippen LogP contribution in [0.15, 0.2) is 16.8 Å². The predicted molar refractivity (Wildman–Crippen MR) is 57.4 cm³/mol. The van der Waals surface area contributed by atoms with Crippen LogP contribution < -0.4 is 0 Å². The Bertz CT molecular complexity index is 183. The highest BCUT2D eigenvalue weighted by Crippen LogP contribution is 2.06. The van der Waals surface area contributed by atoms with Gasteiger partial charge in [-0.25, -0.2) is 0 Å². The van der Waals surface area contributed by atoms with E-state index in [2.05, 4.69) is 18.2 Å². The summed E-state index contributed by atoms with van der Waals surface area (Å²) in [6.45, 7) is 6.20. The minimum absolute atomic E-state index is 0.798. The highest BCUT2D eigenvalue weighted by atomic mass is 16.4. The standard InChI is InChI=1S/C11H21NO/c1-4-6-7-8-9-10(3)11(5-2)12-13/h9,13H,4-8H2,1-3H3. The van der Waals surface area contributed by atoms with Crippen LogP contribution in [0.5, 0.6) is 0 Å². The first-order chi connectivity index (χ1) is 6.26. The van der Waals surface area contributed by atoms with E-state index in [9.17, 15) is 0 Å². The van der Waals surface area contributed by atoms with Gasteiger partial charge in [-0.2, -0.15) is 0 Å². The van der Waals surface area contributed by atoms with Gasteiger partial charge in [-0.05, 0) is 31.8 Å². The fourth-order valence-electron chi connectivity index (χ4n) is 1.26. The molecule has 0 aliphatic heterocycles. The second-order valence-corrected chi connectivity index (χ2v) is 3.28. The Balaban J connectivity index is 3.86. The van der Waals surface area contributed by atoms with E-state index in [4.69, 9.17) is 5.21 Å². The van der Waals surface area contributed by atoms with Crippen LogP contribution in [0.3, 0.4) is 0 Å². The van der Waals surface area contributed by atoms with E-state index in [1.807, 2.05) is 13.8 Å². The van der Waals surface area contributed by atoms with E-state index in [0.29, 0.717) is 0 Å². The molecule has 0 amide bonds. The summed E-state index contributed by atoms with van der Waals surface area (Å²) in [5, 5.41) is 11.9. The Labute approximate surface area is 81.3 Å². The summed E-state index contributed by atoms with van der Waals surface area (Å²) in [5.41, 5.74) is 1.91. The zero-order valence-electron chi connectivity index (χ0n) is 9.01. The Morgan fingerprint density at radius 3 is 2.46 bits per heavy atom. The molecule has 76 valence electrons. The zero-order valence-corrected chi connectivity index (χ0v) is 9.01. The van der Waals surface area contributed by atoms with E-state index in [-0.39, 0.29) is 0 Å². The van der Waals surface area contributed by atoms with Crippen LogP contribution >= 0.6 is 0 Å². The summed E-state index contributed by atoms with van der Waals surface area (Å²) in [5.74, 6) is 0. The van der Waals surface area contributed by atoms with Crippen molar-refractivity contribution in [1.29, 1.82) is 0 Å². The van der Waals surface area contributed by atoms with Crippen molar-refractivity contribution in [2.24, 2.45) is 5.16 Å². The van der Waals surface area contributed by atoms with Crippen LogP contribution in [0, 0.1) is 0 Å². The highest BCUT2D eigenvalue weighted by Gasteiger charge is 1.98. The molecule has 0 bridgehead atoms. The maximum Gasteiger partial charge on any atom is 0.0818 e. The molecule has 0 fully saturated rings. The topological polar surface area (TPSA) is 32.6 Å². The van der Waals surface area contributed by atoms with Crippen LogP contribution in [0.4, 0.5) is 0 Å². The van der Waals surface area contributed by atoms with Gasteiger partial charge in [-0.15, -0.1) is 0 Å². The van der Waals surface area contributed by atoms with Gasteiger partial charge >= 0.3 is 0 Å². The quantitative estimate of drug-likeness (QED) is 0.289. The zero-order chi connectivity index (χ0) is 10.1. The maximum absolute atomic E-state index is 8.65. The molecule has 0 saturated heterocycles. The molecule has 0 aliphatic rings. The van der Waals surface area contributed by atoms with Crippen LogP contribution in [0.1, 0.15) is 52.9 Å². The normalized spacial score (nSPS) is 13.5. The lowest BCUT2D eigenvalue weighted by Gasteiger charge is -2.00. The summed E-state index contributed by atoms with van der Waals surface area (Å²) < 4.78 is 0. The molecule has 2 heteroatoms. The Morgan fingerprint density at radius 1 is 1.31 bits per heavy atom. The van der Waals surface area contributed by atoms with E-state index in [0.717, 1.165) is 24.1 Å². The monoisotopic (exact) mass is 183 g/mol. The fraction of sp³-hybridized carbons (Fsp3) is 0.727. The molecule has 0 aromatic rings. The van der Waals surface area contributed by atoms with Gasteiger partial charge in [0.25, 0.3) is 0 Å². The largest absolute Gasteiger partial charge is 0.411 e. The number of hydrogen-bond acceptors (Lipinski definition) is 2. The molecule has 0 aromatic carbocycles. The van der Waals surface area contributed by atoms with Crippen LogP contribution in [0.25, 0.3) is 0 Å². The molecule has 0 aliphatic carbocycles. The number of hydrogen-bond donors (Lipinski definition) is 1. The van der Waals surface area contributed by atoms with E-state index < -0.39 is 0 Å². The van der Waals surface area contributed by atoms with Gasteiger partial charge in [0.1, 0.15) is 0 Å². The molecule has 0 saturated carbocycles. The average molecular weight is 183 g/mol. The second kappa shape index (κ2) is 7.84. The molecular formula is C11H21NO. The van der Waals surface area contributed by atoms with E-state index >= 15 is 0 Å². The van der Waals surface area contributed by atoms with Crippen LogP contribution in [0.2, 0.25) is 0 Å². The van der Waals surface area contributed by atoms with Crippen molar-refractivity contribution in [1.82, 2.24) is 0 Å². The molecular weight excluding hydrogens is 162 g/mol. The molecule has 0 radical (unpaired) electrons. The lowest BCUT2D eigenvalue weighted by atomic mass is 10.1. The number of rotatable bonds is 6. The van der Waals surface area contributed by atoms with Gasteiger partial charge in [0.05, 0.1) is 5.71 Å². The van der Waals surface area contributed by atoms with E-state index in [1.165, 1.54) is 19.3 Å². The summed E-state index contributed by atoms with van der Waals surface area (Å²) in [7, 11) is 0. The van der Waals surface area contributed by atoms with Crippen molar-refractivity contribution >= 4 is 5.71 Å². The summed E-state index contributed by atoms with van der Waals surface area (Å²) in [6, 6.07) is 0. The Morgan fingerprint density at radius 2 is 2.00 bits per heavy atom. The molecule has 13 heavy (non-hydrogen) atoms. The molecule has 0 unspecified atom stereocenters. The van der Waals surface area contributed by atoms with Gasteiger partial charge in [0, 0.05) is 0 Å². The first kappa shape index (κ1) is 12.2. The lowest BCUT2D eigenvalue weighted by molar-refractivity contribution is 0.318. The van der Waals surface area contributed by atoms with Crippen molar-refractivity contribution < 1.29 is 5.21 Å². The summed E-state index contributed by atoms with van der Waals surface area (Å²) in [6.07, 6.45) is 7.82. The van der Waals surface area contributed by atoms with Gasteiger partial charge in [0.2, 0.25) is 0 Å². The van der Waals surface area contributed by atoms with Crippen LogP contribution in [-0.4, -0.2) is 10.9 Å². The molecule has 0 aromatic heterocycles. The molecule has 0 rings (SSSR count). The Kier molecular flexibility index (Phi) is 7.36. The molecule has 1 N–H and O–H groups in total.